The number of aromatic carboxylic acids is 1. The lowest BCUT2D eigenvalue weighted by Gasteiger charge is -2.10. The summed E-state index contributed by atoms with van der Waals surface area (Å²) >= 11 is 0. The fourth-order valence-electron chi connectivity index (χ4n) is 3.14. The average molecular weight is 356 g/mol. The molecule has 0 fully saturated rings. The zero-order valence-electron chi connectivity index (χ0n) is 14.4. The SMILES string of the molecule is O=C(O)c1cc(Cc2ccc(-c3ccccc3)cn2)c2ccccn2c1=O. The quantitative estimate of drug-likeness (QED) is 0.606. The van der Waals surface area contributed by atoms with Crippen molar-refractivity contribution in [2.45, 2.75) is 6.42 Å². The Kier molecular flexibility index (Phi) is 4.26. The van der Waals surface area contributed by atoms with Gasteiger partial charge in [0.05, 0.1) is 5.52 Å². The maximum absolute atomic E-state index is 12.3. The third-order valence-corrected chi connectivity index (χ3v) is 4.49. The first-order chi connectivity index (χ1) is 13.1. The van der Waals surface area contributed by atoms with Crippen LogP contribution >= 0.6 is 0 Å². The molecule has 0 atom stereocenters. The summed E-state index contributed by atoms with van der Waals surface area (Å²) < 4.78 is 1.37. The van der Waals surface area contributed by atoms with Crippen molar-refractivity contribution in [2.75, 3.05) is 0 Å². The van der Waals surface area contributed by atoms with Crippen LogP contribution in [0.3, 0.4) is 0 Å². The van der Waals surface area contributed by atoms with Crippen LogP contribution in [0.15, 0.2) is 83.9 Å². The van der Waals surface area contributed by atoms with Gasteiger partial charge in [0.2, 0.25) is 0 Å². The number of aromatic nitrogens is 2. The summed E-state index contributed by atoms with van der Waals surface area (Å²) in [6, 6.07) is 20.7. The van der Waals surface area contributed by atoms with Crippen molar-refractivity contribution in [3.05, 3.63) is 106 Å². The van der Waals surface area contributed by atoms with E-state index in [0.717, 1.165) is 22.4 Å². The van der Waals surface area contributed by atoms with Gasteiger partial charge in [0.25, 0.3) is 5.56 Å². The van der Waals surface area contributed by atoms with Crippen LogP contribution in [0.4, 0.5) is 0 Å². The van der Waals surface area contributed by atoms with Crippen molar-refractivity contribution >= 4 is 11.5 Å². The molecule has 4 rings (SSSR count). The first-order valence-corrected chi connectivity index (χ1v) is 8.50. The van der Waals surface area contributed by atoms with Crippen LogP contribution < -0.4 is 5.56 Å². The third-order valence-electron chi connectivity index (χ3n) is 4.49. The van der Waals surface area contributed by atoms with Gasteiger partial charge in [-0.25, -0.2) is 4.79 Å². The molecule has 4 aromatic rings. The Morgan fingerprint density at radius 2 is 1.74 bits per heavy atom. The van der Waals surface area contributed by atoms with Crippen LogP contribution in [-0.4, -0.2) is 20.5 Å². The van der Waals surface area contributed by atoms with E-state index in [9.17, 15) is 14.7 Å². The Labute approximate surface area is 155 Å². The van der Waals surface area contributed by atoms with Gasteiger partial charge in [0.15, 0.2) is 0 Å². The van der Waals surface area contributed by atoms with Crippen molar-refractivity contribution in [1.29, 1.82) is 0 Å². The van der Waals surface area contributed by atoms with E-state index in [1.807, 2.05) is 48.5 Å². The molecular formula is C22H16N2O3. The largest absolute Gasteiger partial charge is 0.477 e. The molecule has 3 heterocycles. The first kappa shape index (κ1) is 16.7. The third kappa shape index (κ3) is 3.22. The highest BCUT2D eigenvalue weighted by atomic mass is 16.4. The average Bonchev–Trinajstić information content (AvgIpc) is 2.71. The van der Waals surface area contributed by atoms with E-state index >= 15 is 0 Å². The molecule has 0 radical (unpaired) electrons. The number of pyridine rings is 3. The Morgan fingerprint density at radius 3 is 2.44 bits per heavy atom. The molecule has 132 valence electrons. The lowest BCUT2D eigenvalue weighted by Crippen LogP contribution is -2.23. The maximum Gasteiger partial charge on any atom is 0.341 e. The van der Waals surface area contributed by atoms with E-state index < -0.39 is 11.5 Å². The lowest BCUT2D eigenvalue weighted by atomic mass is 10.0. The Bertz CT molecular complexity index is 1180. The van der Waals surface area contributed by atoms with Crippen LogP contribution in [0.1, 0.15) is 21.6 Å². The van der Waals surface area contributed by atoms with E-state index in [4.69, 9.17) is 0 Å². The minimum absolute atomic E-state index is 0.241. The summed E-state index contributed by atoms with van der Waals surface area (Å²) in [4.78, 5) is 28.3. The molecule has 5 nitrogen and oxygen atoms in total. The monoisotopic (exact) mass is 356 g/mol. The molecule has 0 bridgehead atoms. The minimum Gasteiger partial charge on any atom is -0.477 e. The highest BCUT2D eigenvalue weighted by molar-refractivity contribution is 5.88. The molecule has 0 aliphatic rings. The van der Waals surface area contributed by atoms with Crippen molar-refractivity contribution in [3.63, 3.8) is 0 Å². The van der Waals surface area contributed by atoms with Gasteiger partial charge in [-0.15, -0.1) is 0 Å². The van der Waals surface area contributed by atoms with Crippen LogP contribution in [0.2, 0.25) is 0 Å². The predicted molar refractivity (Wildman–Crippen MR) is 103 cm³/mol. The van der Waals surface area contributed by atoms with Gasteiger partial charge in [-0.3, -0.25) is 14.2 Å². The van der Waals surface area contributed by atoms with Crippen molar-refractivity contribution < 1.29 is 9.90 Å². The van der Waals surface area contributed by atoms with Gasteiger partial charge in [-0.2, -0.15) is 0 Å². The minimum atomic E-state index is -1.23. The summed E-state index contributed by atoms with van der Waals surface area (Å²) in [5, 5.41) is 9.35. The van der Waals surface area contributed by atoms with Gasteiger partial charge < -0.3 is 5.11 Å². The van der Waals surface area contributed by atoms with Gasteiger partial charge in [-0.05, 0) is 35.4 Å². The number of fused-ring (bicyclic) bond motifs is 1. The number of nitrogens with zero attached hydrogens (tertiary/aromatic N) is 2. The highest BCUT2D eigenvalue weighted by Gasteiger charge is 2.15. The van der Waals surface area contributed by atoms with Crippen LogP contribution in [0, 0.1) is 0 Å². The molecule has 0 aliphatic carbocycles. The fraction of sp³-hybridized carbons (Fsp3) is 0.0455. The molecule has 0 saturated heterocycles. The fourth-order valence-corrected chi connectivity index (χ4v) is 3.14. The van der Waals surface area contributed by atoms with Gasteiger partial charge in [0, 0.05) is 30.1 Å². The van der Waals surface area contributed by atoms with Crippen LogP contribution in [-0.2, 0) is 6.42 Å². The van der Waals surface area contributed by atoms with Crippen LogP contribution in [0.5, 0.6) is 0 Å². The van der Waals surface area contributed by atoms with Gasteiger partial charge >= 0.3 is 5.97 Å². The second-order valence-corrected chi connectivity index (χ2v) is 6.23. The molecule has 1 aromatic carbocycles. The molecule has 0 saturated carbocycles. The molecule has 27 heavy (non-hydrogen) atoms. The van der Waals surface area contributed by atoms with E-state index in [0.29, 0.717) is 11.9 Å². The Morgan fingerprint density at radius 1 is 0.963 bits per heavy atom. The normalized spacial score (nSPS) is 10.8. The van der Waals surface area contributed by atoms with Gasteiger partial charge in [-0.1, -0.05) is 42.5 Å². The van der Waals surface area contributed by atoms with E-state index in [1.54, 1.807) is 24.5 Å². The number of hydrogen-bond donors (Lipinski definition) is 1. The molecule has 3 aromatic heterocycles. The van der Waals surface area contributed by atoms with Crippen molar-refractivity contribution in [1.82, 2.24) is 9.38 Å². The van der Waals surface area contributed by atoms with Crippen molar-refractivity contribution in [3.8, 4) is 11.1 Å². The number of carboxylic acid groups (broad SMARTS) is 1. The standard InChI is InChI=1S/C22H16N2O3/c25-21-19(22(26)27)13-17(20-8-4-5-11-24(20)21)12-18-10-9-16(14-23-18)15-6-2-1-3-7-15/h1-11,13-14H,12H2,(H,26,27). The molecular weight excluding hydrogens is 340 g/mol. The molecule has 0 spiro atoms. The zero-order valence-corrected chi connectivity index (χ0v) is 14.4. The molecule has 1 N–H and O–H groups in total. The molecule has 0 unspecified atom stereocenters. The molecule has 0 aliphatic heterocycles. The molecule has 5 heteroatoms. The van der Waals surface area contributed by atoms with Gasteiger partial charge in [0.1, 0.15) is 5.56 Å². The Hall–Kier alpha value is -3.73. The maximum atomic E-state index is 12.3. The van der Waals surface area contributed by atoms with E-state index in [1.165, 1.54) is 10.5 Å². The second kappa shape index (κ2) is 6.88. The van der Waals surface area contributed by atoms with Crippen LogP contribution in [0.25, 0.3) is 16.6 Å². The zero-order chi connectivity index (χ0) is 18.8. The molecule has 0 amide bonds. The second-order valence-electron chi connectivity index (χ2n) is 6.23. The summed E-state index contributed by atoms with van der Waals surface area (Å²) in [5.41, 5.74) is 3.55. The predicted octanol–water partition coefficient (Wildman–Crippen LogP) is 3.65. The summed E-state index contributed by atoms with van der Waals surface area (Å²) in [7, 11) is 0. The van der Waals surface area contributed by atoms with E-state index in [2.05, 4.69) is 4.98 Å². The lowest BCUT2D eigenvalue weighted by molar-refractivity contribution is 0.0694. The highest BCUT2D eigenvalue weighted by Crippen LogP contribution is 2.20. The summed E-state index contributed by atoms with van der Waals surface area (Å²) in [5.74, 6) is -1.23. The summed E-state index contributed by atoms with van der Waals surface area (Å²) in [6.07, 6.45) is 3.82. The number of carbonyl (C=O) groups is 1. The smallest absolute Gasteiger partial charge is 0.341 e. The number of hydrogen-bond acceptors (Lipinski definition) is 3. The number of carboxylic acids is 1. The Balaban J connectivity index is 1.74. The number of benzene rings is 1. The topological polar surface area (TPSA) is 71.7 Å². The van der Waals surface area contributed by atoms with Crippen molar-refractivity contribution in [2.24, 2.45) is 0 Å². The first-order valence-electron chi connectivity index (χ1n) is 8.50. The summed E-state index contributed by atoms with van der Waals surface area (Å²) in [6.45, 7) is 0. The number of rotatable bonds is 4. The van der Waals surface area contributed by atoms with E-state index in [-0.39, 0.29) is 5.56 Å².